The van der Waals surface area contributed by atoms with Crippen molar-refractivity contribution < 1.29 is 9.84 Å². The lowest BCUT2D eigenvalue weighted by Crippen LogP contribution is -2.16. The van der Waals surface area contributed by atoms with Crippen molar-refractivity contribution in [2.75, 3.05) is 13.7 Å². The zero-order valence-electron chi connectivity index (χ0n) is 12.9. The summed E-state index contributed by atoms with van der Waals surface area (Å²) < 4.78 is 5.29. The molecule has 3 rings (SSSR count). The van der Waals surface area contributed by atoms with E-state index in [0.717, 1.165) is 29.8 Å². The number of fused-ring (bicyclic) bond motifs is 1. The number of phenolic OH excluding ortho intramolecular Hbond substituents is 1. The van der Waals surface area contributed by atoms with Gasteiger partial charge in [-0.3, -0.25) is 0 Å². The molecule has 0 unspecified atom stereocenters. The van der Waals surface area contributed by atoms with E-state index in [9.17, 15) is 5.11 Å². The molecule has 1 heterocycles. The van der Waals surface area contributed by atoms with Gasteiger partial charge in [0.05, 0.1) is 12.1 Å². The van der Waals surface area contributed by atoms with Gasteiger partial charge in [-0.25, -0.2) is 0 Å². The first kappa shape index (κ1) is 15.7. The van der Waals surface area contributed by atoms with Crippen LogP contribution in [0, 0.1) is 0 Å². The van der Waals surface area contributed by atoms with Gasteiger partial charge in [-0.15, -0.1) is 0 Å². The van der Waals surface area contributed by atoms with Crippen molar-refractivity contribution in [1.29, 1.82) is 0 Å². The zero-order valence-corrected chi connectivity index (χ0v) is 13.7. The molecule has 0 amide bonds. The maximum Gasteiger partial charge on any atom is 0.134 e. The maximum atomic E-state index is 9.42. The summed E-state index contributed by atoms with van der Waals surface area (Å²) in [7, 11) is 1.68. The van der Waals surface area contributed by atoms with Crippen molar-refractivity contribution in [3.63, 3.8) is 0 Å². The van der Waals surface area contributed by atoms with E-state index >= 15 is 0 Å². The summed E-state index contributed by atoms with van der Waals surface area (Å²) >= 11 is 5.91. The number of halogens is 1. The number of hydrogen-bond donors (Lipinski definition) is 3. The molecule has 120 valence electrons. The van der Waals surface area contributed by atoms with Crippen LogP contribution in [0.2, 0.25) is 5.02 Å². The van der Waals surface area contributed by atoms with Crippen molar-refractivity contribution in [3.8, 4) is 11.5 Å². The number of nitrogens with one attached hydrogen (secondary N) is 2. The van der Waals surface area contributed by atoms with Crippen LogP contribution in [-0.4, -0.2) is 23.7 Å². The monoisotopic (exact) mass is 330 g/mol. The van der Waals surface area contributed by atoms with Crippen LogP contribution in [0.5, 0.6) is 11.5 Å². The average Bonchev–Trinajstić information content (AvgIpc) is 2.97. The van der Waals surface area contributed by atoms with Gasteiger partial charge in [0.2, 0.25) is 0 Å². The Labute approximate surface area is 140 Å². The fraction of sp³-hybridized carbons (Fsp3) is 0.222. The largest absolute Gasteiger partial charge is 0.506 e. The minimum Gasteiger partial charge on any atom is -0.506 e. The van der Waals surface area contributed by atoms with Gasteiger partial charge in [0.25, 0.3) is 0 Å². The quantitative estimate of drug-likeness (QED) is 0.601. The Bertz CT molecular complexity index is 814. The van der Waals surface area contributed by atoms with Gasteiger partial charge < -0.3 is 20.1 Å². The highest BCUT2D eigenvalue weighted by molar-refractivity contribution is 6.32. The maximum absolute atomic E-state index is 9.42. The Morgan fingerprint density at radius 3 is 2.87 bits per heavy atom. The summed E-state index contributed by atoms with van der Waals surface area (Å²) in [6.07, 6.45) is 2.96. The Kier molecular flexibility index (Phi) is 4.74. The van der Waals surface area contributed by atoms with Crippen LogP contribution < -0.4 is 10.1 Å². The smallest absolute Gasteiger partial charge is 0.134 e. The molecule has 23 heavy (non-hydrogen) atoms. The first-order chi connectivity index (χ1) is 11.2. The standard InChI is InChI=1S/C18H19ClN2O2/c1-23-14-3-4-17-15(9-14)13(11-21-17)6-7-20-10-12-2-5-18(22)16(19)8-12/h2-5,8-9,11,20-22H,6-7,10H2,1H3. The van der Waals surface area contributed by atoms with Gasteiger partial charge in [-0.2, -0.15) is 0 Å². The zero-order chi connectivity index (χ0) is 16.2. The van der Waals surface area contributed by atoms with Crippen molar-refractivity contribution in [1.82, 2.24) is 10.3 Å². The van der Waals surface area contributed by atoms with Gasteiger partial charge in [-0.1, -0.05) is 17.7 Å². The lowest BCUT2D eigenvalue weighted by Gasteiger charge is -2.06. The number of aromatic hydroxyl groups is 1. The Morgan fingerprint density at radius 2 is 2.09 bits per heavy atom. The molecule has 3 N–H and O–H groups in total. The molecule has 0 atom stereocenters. The second-order valence-corrected chi connectivity index (χ2v) is 5.85. The third-order valence-electron chi connectivity index (χ3n) is 3.89. The molecule has 2 aromatic carbocycles. The van der Waals surface area contributed by atoms with Crippen LogP contribution in [0.25, 0.3) is 10.9 Å². The number of hydrogen-bond acceptors (Lipinski definition) is 3. The lowest BCUT2D eigenvalue weighted by atomic mass is 10.1. The molecular weight excluding hydrogens is 312 g/mol. The fourth-order valence-electron chi connectivity index (χ4n) is 2.61. The Morgan fingerprint density at radius 1 is 1.22 bits per heavy atom. The fourth-order valence-corrected chi connectivity index (χ4v) is 2.81. The minimum absolute atomic E-state index is 0.114. The molecule has 1 aromatic heterocycles. The van der Waals surface area contributed by atoms with E-state index in [1.807, 2.05) is 24.4 Å². The summed E-state index contributed by atoms with van der Waals surface area (Å²) in [5.41, 5.74) is 3.43. The number of aromatic nitrogens is 1. The highest BCUT2D eigenvalue weighted by atomic mass is 35.5. The molecule has 0 spiro atoms. The van der Waals surface area contributed by atoms with Gasteiger partial charge >= 0.3 is 0 Å². The summed E-state index contributed by atoms with van der Waals surface area (Å²) in [4.78, 5) is 3.28. The lowest BCUT2D eigenvalue weighted by molar-refractivity contribution is 0.415. The molecule has 0 radical (unpaired) electrons. The topological polar surface area (TPSA) is 57.3 Å². The van der Waals surface area contributed by atoms with Crippen molar-refractivity contribution in [2.24, 2.45) is 0 Å². The van der Waals surface area contributed by atoms with Gasteiger partial charge in [0.1, 0.15) is 11.5 Å². The number of phenols is 1. The molecule has 0 saturated heterocycles. The van der Waals surface area contributed by atoms with Gasteiger partial charge in [-0.05, 0) is 54.4 Å². The minimum atomic E-state index is 0.114. The van der Waals surface area contributed by atoms with Gasteiger partial charge in [0, 0.05) is 23.6 Å². The van der Waals surface area contributed by atoms with E-state index in [4.69, 9.17) is 16.3 Å². The molecule has 0 aliphatic rings. The number of ether oxygens (including phenoxy) is 1. The first-order valence-corrected chi connectivity index (χ1v) is 7.87. The number of H-pyrrole nitrogens is 1. The molecule has 0 bridgehead atoms. The molecule has 3 aromatic rings. The second-order valence-electron chi connectivity index (χ2n) is 5.44. The summed E-state index contributed by atoms with van der Waals surface area (Å²) in [5, 5.41) is 14.4. The van der Waals surface area contributed by atoms with E-state index < -0.39 is 0 Å². The number of rotatable bonds is 6. The van der Waals surface area contributed by atoms with Crippen LogP contribution in [0.15, 0.2) is 42.6 Å². The van der Waals surface area contributed by atoms with Crippen molar-refractivity contribution in [3.05, 3.63) is 58.7 Å². The van der Waals surface area contributed by atoms with Crippen molar-refractivity contribution in [2.45, 2.75) is 13.0 Å². The van der Waals surface area contributed by atoms with E-state index in [1.165, 1.54) is 10.9 Å². The molecule has 5 heteroatoms. The Hall–Kier alpha value is -2.17. The normalized spacial score (nSPS) is 11.0. The average molecular weight is 331 g/mol. The number of benzene rings is 2. The van der Waals surface area contributed by atoms with Crippen LogP contribution in [0.3, 0.4) is 0 Å². The second kappa shape index (κ2) is 6.94. The van der Waals surface area contributed by atoms with Gasteiger partial charge in [0.15, 0.2) is 0 Å². The number of methoxy groups -OCH3 is 1. The summed E-state index contributed by atoms with van der Waals surface area (Å²) in [6, 6.07) is 11.3. The first-order valence-electron chi connectivity index (χ1n) is 7.49. The molecule has 0 aliphatic heterocycles. The Balaban J connectivity index is 1.59. The highest BCUT2D eigenvalue weighted by Gasteiger charge is 2.05. The molecular formula is C18H19ClN2O2. The molecule has 0 aliphatic carbocycles. The van der Waals surface area contributed by atoms with Crippen LogP contribution in [0.1, 0.15) is 11.1 Å². The van der Waals surface area contributed by atoms with E-state index in [2.05, 4.69) is 16.4 Å². The third-order valence-corrected chi connectivity index (χ3v) is 4.19. The van der Waals surface area contributed by atoms with E-state index in [1.54, 1.807) is 19.2 Å². The molecule has 0 saturated carbocycles. The summed E-state index contributed by atoms with van der Waals surface area (Å²) in [6.45, 7) is 1.56. The number of aromatic amines is 1. The molecule has 0 fully saturated rings. The molecule has 4 nitrogen and oxygen atoms in total. The SMILES string of the molecule is COc1ccc2[nH]cc(CCNCc3ccc(O)c(Cl)c3)c2c1. The predicted octanol–water partition coefficient (Wildman–Crippen LogP) is 3.87. The van der Waals surface area contributed by atoms with Crippen molar-refractivity contribution >= 4 is 22.5 Å². The van der Waals surface area contributed by atoms with Crippen LogP contribution >= 0.6 is 11.6 Å². The summed E-state index contributed by atoms with van der Waals surface area (Å²) in [5.74, 6) is 0.980. The van der Waals surface area contributed by atoms with E-state index in [-0.39, 0.29) is 5.75 Å². The third kappa shape index (κ3) is 3.60. The van der Waals surface area contributed by atoms with Crippen LogP contribution in [-0.2, 0) is 13.0 Å². The predicted molar refractivity (Wildman–Crippen MR) is 93.4 cm³/mol. The van der Waals surface area contributed by atoms with Crippen LogP contribution in [0.4, 0.5) is 0 Å². The van der Waals surface area contributed by atoms with E-state index in [0.29, 0.717) is 11.6 Å². The highest BCUT2D eigenvalue weighted by Crippen LogP contribution is 2.24.